The summed E-state index contributed by atoms with van der Waals surface area (Å²) in [5, 5.41) is 0. The van der Waals surface area contributed by atoms with Gasteiger partial charge in [0.15, 0.2) is 0 Å². The van der Waals surface area contributed by atoms with E-state index in [-0.39, 0.29) is 0 Å². The summed E-state index contributed by atoms with van der Waals surface area (Å²) in [6.45, 7) is 4.45. The molecular weight excluding hydrogens is 244 g/mol. The molecule has 0 unspecified atom stereocenters. The molecule has 104 valence electrons. The first-order valence-electron chi connectivity index (χ1n) is 7.22. The fourth-order valence-electron chi connectivity index (χ4n) is 2.56. The first-order chi connectivity index (χ1) is 9.80. The lowest BCUT2D eigenvalue weighted by atomic mass is 9.90. The van der Waals surface area contributed by atoms with Gasteiger partial charge in [0.05, 0.1) is 7.11 Å². The van der Waals surface area contributed by atoms with E-state index in [9.17, 15) is 0 Å². The maximum atomic E-state index is 5.37. The molecule has 0 radical (unpaired) electrons. The minimum atomic E-state index is 0.905. The molecule has 0 spiro atoms. The summed E-state index contributed by atoms with van der Waals surface area (Å²) in [6, 6.07) is 18.9. The van der Waals surface area contributed by atoms with Crippen LogP contribution in [0.4, 0.5) is 0 Å². The Kier molecular flexibility index (Phi) is 5.00. The molecule has 2 aromatic rings. The van der Waals surface area contributed by atoms with Crippen LogP contribution in [0.2, 0.25) is 0 Å². The number of methoxy groups -OCH3 is 1. The van der Waals surface area contributed by atoms with E-state index in [1.54, 1.807) is 7.11 Å². The summed E-state index contributed by atoms with van der Waals surface area (Å²) in [7, 11) is 1.71. The summed E-state index contributed by atoms with van der Waals surface area (Å²) in [6.07, 6.45) is 2.13. The molecule has 1 nitrogen and oxygen atoms in total. The predicted octanol–water partition coefficient (Wildman–Crippen LogP) is 5.32. The zero-order chi connectivity index (χ0) is 14.4. The van der Waals surface area contributed by atoms with Gasteiger partial charge in [0.1, 0.15) is 5.75 Å². The van der Waals surface area contributed by atoms with Crippen molar-refractivity contribution in [3.8, 4) is 5.75 Å². The average molecular weight is 266 g/mol. The monoisotopic (exact) mass is 266 g/mol. The molecule has 0 N–H and O–H groups in total. The molecule has 0 bridgehead atoms. The van der Waals surface area contributed by atoms with Gasteiger partial charge in [-0.05, 0) is 41.7 Å². The van der Waals surface area contributed by atoms with Gasteiger partial charge in [0, 0.05) is 0 Å². The van der Waals surface area contributed by atoms with Crippen LogP contribution in [-0.4, -0.2) is 7.11 Å². The Morgan fingerprint density at radius 2 is 1.50 bits per heavy atom. The first kappa shape index (κ1) is 14.4. The van der Waals surface area contributed by atoms with Gasteiger partial charge < -0.3 is 4.74 Å². The van der Waals surface area contributed by atoms with Crippen molar-refractivity contribution in [2.24, 2.45) is 0 Å². The normalized spacial score (nSPS) is 10.2. The van der Waals surface area contributed by atoms with E-state index < -0.39 is 0 Å². The van der Waals surface area contributed by atoms with Gasteiger partial charge >= 0.3 is 0 Å². The van der Waals surface area contributed by atoms with Crippen molar-refractivity contribution >= 4 is 5.57 Å². The van der Waals surface area contributed by atoms with Crippen molar-refractivity contribution in [3.63, 3.8) is 0 Å². The Bertz CT molecular complexity index is 576. The van der Waals surface area contributed by atoms with Crippen LogP contribution in [0.3, 0.4) is 0 Å². The Labute approximate surface area is 121 Å². The largest absolute Gasteiger partial charge is 0.497 e. The standard InChI is InChI=1S/C19H22O/c1-4-15(5-2)19(16-10-7-6-8-11-16)17-12-9-13-18(14-17)20-3/h6-14H,4-5H2,1-3H3. The van der Waals surface area contributed by atoms with E-state index in [1.165, 1.54) is 22.3 Å². The molecule has 1 heteroatoms. The molecule has 0 aliphatic carbocycles. The SMILES string of the molecule is CCC(CC)=C(c1ccccc1)c1cccc(OC)c1. The zero-order valence-electron chi connectivity index (χ0n) is 12.5. The molecule has 0 heterocycles. The molecule has 0 saturated heterocycles. The number of rotatable bonds is 5. The average Bonchev–Trinajstić information content (AvgIpc) is 2.53. The van der Waals surface area contributed by atoms with Gasteiger partial charge in [-0.15, -0.1) is 0 Å². The van der Waals surface area contributed by atoms with Crippen molar-refractivity contribution in [2.45, 2.75) is 26.7 Å². The Hall–Kier alpha value is -2.02. The maximum absolute atomic E-state index is 5.37. The van der Waals surface area contributed by atoms with Gasteiger partial charge in [-0.3, -0.25) is 0 Å². The van der Waals surface area contributed by atoms with E-state index in [0.29, 0.717) is 0 Å². The maximum Gasteiger partial charge on any atom is 0.119 e. The van der Waals surface area contributed by atoms with Crippen LogP contribution in [0.5, 0.6) is 5.75 Å². The van der Waals surface area contributed by atoms with Gasteiger partial charge in [-0.2, -0.15) is 0 Å². The van der Waals surface area contributed by atoms with Crippen LogP contribution in [0.15, 0.2) is 60.2 Å². The molecule has 2 rings (SSSR count). The molecule has 2 aromatic carbocycles. The van der Waals surface area contributed by atoms with Crippen LogP contribution < -0.4 is 4.74 Å². The fraction of sp³-hybridized carbons (Fsp3) is 0.263. The van der Waals surface area contributed by atoms with Gasteiger partial charge in [-0.1, -0.05) is 61.9 Å². The van der Waals surface area contributed by atoms with E-state index >= 15 is 0 Å². The predicted molar refractivity (Wildman–Crippen MR) is 86.0 cm³/mol. The van der Waals surface area contributed by atoms with Crippen LogP contribution in [0.1, 0.15) is 37.8 Å². The molecule has 0 aliphatic heterocycles. The summed E-state index contributed by atoms with van der Waals surface area (Å²) in [5.41, 5.74) is 5.33. The Balaban J connectivity index is 2.61. The molecule has 0 aromatic heterocycles. The van der Waals surface area contributed by atoms with Gasteiger partial charge in [0.2, 0.25) is 0 Å². The van der Waals surface area contributed by atoms with Crippen molar-refractivity contribution in [1.82, 2.24) is 0 Å². The third-order valence-corrected chi connectivity index (χ3v) is 3.63. The lowest BCUT2D eigenvalue weighted by Crippen LogP contribution is -1.95. The van der Waals surface area contributed by atoms with Crippen molar-refractivity contribution in [2.75, 3.05) is 7.11 Å². The minimum absolute atomic E-state index is 0.905. The number of hydrogen-bond acceptors (Lipinski definition) is 1. The second kappa shape index (κ2) is 6.95. The topological polar surface area (TPSA) is 9.23 Å². The number of ether oxygens (including phenoxy) is 1. The Morgan fingerprint density at radius 1 is 0.850 bits per heavy atom. The van der Waals surface area contributed by atoms with E-state index in [0.717, 1.165) is 18.6 Å². The molecule has 0 fully saturated rings. The van der Waals surface area contributed by atoms with Crippen molar-refractivity contribution in [1.29, 1.82) is 0 Å². The number of allylic oxidation sites excluding steroid dienone is 1. The third kappa shape index (κ3) is 3.11. The van der Waals surface area contributed by atoms with E-state index in [1.807, 2.05) is 6.07 Å². The first-order valence-corrected chi connectivity index (χ1v) is 7.22. The zero-order valence-corrected chi connectivity index (χ0v) is 12.5. The summed E-state index contributed by atoms with van der Waals surface area (Å²) in [4.78, 5) is 0. The molecule has 0 amide bonds. The van der Waals surface area contributed by atoms with E-state index in [4.69, 9.17) is 4.74 Å². The number of hydrogen-bond donors (Lipinski definition) is 0. The van der Waals surface area contributed by atoms with Crippen LogP contribution in [-0.2, 0) is 0 Å². The highest BCUT2D eigenvalue weighted by molar-refractivity contribution is 5.82. The molecule has 20 heavy (non-hydrogen) atoms. The van der Waals surface area contributed by atoms with Crippen LogP contribution in [0.25, 0.3) is 5.57 Å². The quantitative estimate of drug-likeness (QED) is 0.712. The van der Waals surface area contributed by atoms with Crippen molar-refractivity contribution < 1.29 is 4.74 Å². The van der Waals surface area contributed by atoms with Gasteiger partial charge in [-0.25, -0.2) is 0 Å². The second-order valence-corrected chi connectivity index (χ2v) is 4.78. The lowest BCUT2D eigenvalue weighted by molar-refractivity contribution is 0.414. The number of benzene rings is 2. The molecule has 0 atom stereocenters. The second-order valence-electron chi connectivity index (χ2n) is 4.78. The van der Waals surface area contributed by atoms with Crippen LogP contribution in [0, 0.1) is 0 Å². The smallest absolute Gasteiger partial charge is 0.119 e. The summed E-state index contributed by atoms with van der Waals surface area (Å²) < 4.78 is 5.37. The minimum Gasteiger partial charge on any atom is -0.497 e. The highest BCUT2D eigenvalue weighted by Crippen LogP contribution is 2.31. The lowest BCUT2D eigenvalue weighted by Gasteiger charge is -2.15. The molecular formula is C19H22O. The summed E-state index contributed by atoms with van der Waals surface area (Å²) >= 11 is 0. The highest BCUT2D eigenvalue weighted by atomic mass is 16.5. The summed E-state index contributed by atoms with van der Waals surface area (Å²) in [5.74, 6) is 0.905. The fourth-order valence-corrected chi connectivity index (χ4v) is 2.56. The third-order valence-electron chi connectivity index (χ3n) is 3.63. The Morgan fingerprint density at radius 3 is 2.10 bits per heavy atom. The molecule has 0 aliphatic rings. The van der Waals surface area contributed by atoms with E-state index in [2.05, 4.69) is 62.4 Å². The van der Waals surface area contributed by atoms with Crippen LogP contribution >= 0.6 is 0 Å². The van der Waals surface area contributed by atoms with Crippen molar-refractivity contribution in [3.05, 3.63) is 71.3 Å². The van der Waals surface area contributed by atoms with Gasteiger partial charge in [0.25, 0.3) is 0 Å². The molecule has 0 saturated carbocycles. The highest BCUT2D eigenvalue weighted by Gasteiger charge is 2.10.